The highest BCUT2D eigenvalue weighted by Crippen LogP contribution is 2.46. The van der Waals surface area contributed by atoms with Gasteiger partial charge in [-0.3, -0.25) is 0 Å². The molecule has 90 valence electrons. The lowest BCUT2D eigenvalue weighted by atomic mass is 9.72. The second kappa shape index (κ2) is 4.18. The van der Waals surface area contributed by atoms with Crippen molar-refractivity contribution in [2.24, 2.45) is 5.92 Å². The Morgan fingerprint density at radius 3 is 2.81 bits per heavy atom. The van der Waals surface area contributed by atoms with E-state index in [2.05, 4.69) is 6.58 Å². The summed E-state index contributed by atoms with van der Waals surface area (Å²) in [6.07, 6.45) is 13.8. The van der Waals surface area contributed by atoms with E-state index >= 15 is 0 Å². The molecule has 3 atom stereocenters. The molecule has 0 unspecified atom stereocenters. The topological polar surface area (TPSA) is 9.23 Å². The molecule has 0 N–H and O–H groups in total. The first-order valence-corrected chi connectivity index (χ1v) is 7.12. The van der Waals surface area contributed by atoms with Crippen LogP contribution in [0.5, 0.6) is 0 Å². The minimum absolute atomic E-state index is 0.216. The smallest absolute Gasteiger partial charge is 0.0723 e. The summed E-state index contributed by atoms with van der Waals surface area (Å²) < 4.78 is 6.53. The van der Waals surface area contributed by atoms with Crippen molar-refractivity contribution in [1.82, 2.24) is 0 Å². The van der Waals surface area contributed by atoms with Crippen LogP contribution in [0.15, 0.2) is 12.2 Å². The average molecular weight is 220 g/mol. The van der Waals surface area contributed by atoms with Gasteiger partial charge >= 0.3 is 0 Å². The summed E-state index contributed by atoms with van der Waals surface area (Å²) in [4.78, 5) is 0. The highest BCUT2D eigenvalue weighted by molar-refractivity contribution is 5.08. The van der Waals surface area contributed by atoms with E-state index in [1.807, 2.05) is 0 Å². The Labute approximate surface area is 99.3 Å². The predicted molar refractivity (Wildman–Crippen MR) is 66.4 cm³/mol. The molecule has 0 bridgehead atoms. The van der Waals surface area contributed by atoms with Crippen LogP contribution in [0.2, 0.25) is 0 Å². The molecule has 3 rings (SSSR count). The van der Waals surface area contributed by atoms with Crippen LogP contribution in [0.4, 0.5) is 0 Å². The molecular formula is C15H24O. The lowest BCUT2D eigenvalue weighted by molar-refractivity contribution is -0.171. The van der Waals surface area contributed by atoms with Crippen molar-refractivity contribution in [3.8, 4) is 0 Å². The standard InChI is InChI=1S/C15H24O/c1-12-5-4-9-15(11-12)10-8-13-6-2-3-7-14(13)16-15/h13-14H,1-11H2/t13-,14+,15-/m1/s1. The Morgan fingerprint density at radius 1 is 1.06 bits per heavy atom. The van der Waals surface area contributed by atoms with Crippen molar-refractivity contribution in [2.75, 3.05) is 0 Å². The second-order valence-electron chi connectivity index (χ2n) is 6.20. The van der Waals surface area contributed by atoms with Crippen LogP contribution in [-0.2, 0) is 4.74 Å². The summed E-state index contributed by atoms with van der Waals surface area (Å²) in [6, 6.07) is 0. The lowest BCUT2D eigenvalue weighted by Gasteiger charge is -2.49. The zero-order chi connectivity index (χ0) is 11.0. The molecule has 3 aliphatic rings. The molecule has 1 spiro atoms. The maximum atomic E-state index is 6.53. The van der Waals surface area contributed by atoms with E-state index in [4.69, 9.17) is 4.74 Å². The largest absolute Gasteiger partial charge is 0.371 e. The third-order valence-electron chi connectivity index (χ3n) is 4.95. The highest BCUT2D eigenvalue weighted by Gasteiger charge is 2.43. The number of fused-ring (bicyclic) bond motifs is 1. The summed E-state index contributed by atoms with van der Waals surface area (Å²) in [6.45, 7) is 4.19. The SMILES string of the molecule is C=C1CCC[C@@]2(CC[C@H]3CCCC[C@@H]3O2)C1. The maximum Gasteiger partial charge on any atom is 0.0723 e. The van der Waals surface area contributed by atoms with Gasteiger partial charge in [0.25, 0.3) is 0 Å². The van der Waals surface area contributed by atoms with Crippen LogP contribution in [0.3, 0.4) is 0 Å². The van der Waals surface area contributed by atoms with Gasteiger partial charge in [0, 0.05) is 0 Å². The van der Waals surface area contributed by atoms with Gasteiger partial charge in [-0.05, 0) is 57.3 Å². The highest BCUT2D eigenvalue weighted by atomic mass is 16.5. The second-order valence-corrected chi connectivity index (χ2v) is 6.20. The normalized spacial score (nSPS) is 44.4. The fourth-order valence-corrected chi connectivity index (χ4v) is 4.09. The first-order chi connectivity index (χ1) is 7.77. The molecule has 0 amide bonds. The molecule has 2 saturated carbocycles. The van der Waals surface area contributed by atoms with Crippen molar-refractivity contribution in [3.63, 3.8) is 0 Å². The molecule has 1 aliphatic heterocycles. The Bertz CT molecular complexity index is 283. The Kier molecular flexibility index (Phi) is 2.83. The van der Waals surface area contributed by atoms with E-state index < -0.39 is 0 Å². The quantitative estimate of drug-likeness (QED) is 0.555. The molecular weight excluding hydrogens is 196 g/mol. The van der Waals surface area contributed by atoms with Crippen LogP contribution in [0, 0.1) is 5.92 Å². The van der Waals surface area contributed by atoms with Gasteiger partial charge in [0.05, 0.1) is 11.7 Å². The number of hydrogen-bond donors (Lipinski definition) is 0. The molecule has 0 radical (unpaired) electrons. The molecule has 0 aromatic rings. The molecule has 16 heavy (non-hydrogen) atoms. The first-order valence-electron chi connectivity index (χ1n) is 7.12. The van der Waals surface area contributed by atoms with Gasteiger partial charge in [-0.1, -0.05) is 25.0 Å². The molecule has 1 saturated heterocycles. The molecule has 2 aliphatic carbocycles. The third-order valence-corrected chi connectivity index (χ3v) is 4.95. The van der Waals surface area contributed by atoms with E-state index in [0.29, 0.717) is 6.10 Å². The molecule has 0 aromatic carbocycles. The van der Waals surface area contributed by atoms with E-state index in [-0.39, 0.29) is 5.60 Å². The van der Waals surface area contributed by atoms with E-state index in [1.54, 1.807) is 0 Å². The molecule has 0 aromatic heterocycles. The van der Waals surface area contributed by atoms with Crippen molar-refractivity contribution in [1.29, 1.82) is 0 Å². The summed E-state index contributed by atoms with van der Waals surface area (Å²) in [5.74, 6) is 0.884. The number of rotatable bonds is 0. The van der Waals surface area contributed by atoms with Crippen LogP contribution in [0.1, 0.15) is 64.2 Å². The zero-order valence-electron chi connectivity index (χ0n) is 10.3. The van der Waals surface area contributed by atoms with Gasteiger partial charge in [-0.25, -0.2) is 0 Å². The Balaban J connectivity index is 1.71. The Hall–Kier alpha value is -0.300. The van der Waals surface area contributed by atoms with Gasteiger partial charge in [0.1, 0.15) is 0 Å². The monoisotopic (exact) mass is 220 g/mol. The molecule has 1 nitrogen and oxygen atoms in total. The van der Waals surface area contributed by atoms with E-state index in [0.717, 1.165) is 12.3 Å². The molecule has 3 fully saturated rings. The van der Waals surface area contributed by atoms with E-state index in [1.165, 1.54) is 63.4 Å². The van der Waals surface area contributed by atoms with Crippen molar-refractivity contribution in [3.05, 3.63) is 12.2 Å². The Morgan fingerprint density at radius 2 is 1.94 bits per heavy atom. The summed E-state index contributed by atoms with van der Waals surface area (Å²) in [5, 5.41) is 0. The number of hydrogen-bond acceptors (Lipinski definition) is 1. The number of ether oxygens (including phenoxy) is 1. The predicted octanol–water partition coefficient (Wildman–Crippen LogP) is 4.22. The molecule has 1 heterocycles. The third kappa shape index (κ3) is 1.95. The van der Waals surface area contributed by atoms with Crippen molar-refractivity contribution in [2.45, 2.75) is 75.9 Å². The van der Waals surface area contributed by atoms with Gasteiger partial charge in [-0.15, -0.1) is 0 Å². The van der Waals surface area contributed by atoms with Gasteiger partial charge in [-0.2, -0.15) is 0 Å². The van der Waals surface area contributed by atoms with Gasteiger partial charge < -0.3 is 4.74 Å². The first kappa shape index (κ1) is 10.8. The van der Waals surface area contributed by atoms with Crippen LogP contribution < -0.4 is 0 Å². The van der Waals surface area contributed by atoms with Gasteiger partial charge in [0.15, 0.2) is 0 Å². The van der Waals surface area contributed by atoms with Crippen LogP contribution >= 0.6 is 0 Å². The average Bonchev–Trinajstić information content (AvgIpc) is 2.28. The minimum atomic E-state index is 0.216. The fraction of sp³-hybridized carbons (Fsp3) is 0.867. The van der Waals surface area contributed by atoms with Crippen LogP contribution in [0.25, 0.3) is 0 Å². The zero-order valence-corrected chi connectivity index (χ0v) is 10.3. The summed E-state index contributed by atoms with van der Waals surface area (Å²) >= 11 is 0. The minimum Gasteiger partial charge on any atom is -0.371 e. The molecule has 1 heteroatoms. The summed E-state index contributed by atoms with van der Waals surface area (Å²) in [7, 11) is 0. The van der Waals surface area contributed by atoms with Crippen molar-refractivity contribution >= 4 is 0 Å². The van der Waals surface area contributed by atoms with Gasteiger partial charge in [0.2, 0.25) is 0 Å². The fourth-order valence-electron chi connectivity index (χ4n) is 4.09. The van der Waals surface area contributed by atoms with Crippen molar-refractivity contribution < 1.29 is 4.74 Å². The lowest BCUT2D eigenvalue weighted by Crippen LogP contribution is -2.47. The summed E-state index contributed by atoms with van der Waals surface area (Å²) in [5.41, 5.74) is 1.65. The van der Waals surface area contributed by atoms with Crippen LogP contribution in [-0.4, -0.2) is 11.7 Å². The van der Waals surface area contributed by atoms with E-state index in [9.17, 15) is 0 Å². The maximum absolute atomic E-state index is 6.53.